The van der Waals surface area contributed by atoms with Crippen molar-refractivity contribution in [2.24, 2.45) is 0 Å². The summed E-state index contributed by atoms with van der Waals surface area (Å²) in [5.74, 6) is 4.99. The first-order chi connectivity index (χ1) is 10.7. The predicted octanol–water partition coefficient (Wildman–Crippen LogP) is 2.18. The van der Waals surface area contributed by atoms with Crippen LogP contribution < -0.4 is 0 Å². The van der Waals surface area contributed by atoms with Gasteiger partial charge in [-0.15, -0.1) is 5.92 Å². The van der Waals surface area contributed by atoms with Crippen LogP contribution in [0.4, 0.5) is 0 Å². The van der Waals surface area contributed by atoms with Gasteiger partial charge >= 0.3 is 5.97 Å². The van der Waals surface area contributed by atoms with Crippen LogP contribution in [0.3, 0.4) is 0 Å². The number of rotatable bonds is 4. The number of esters is 1. The Kier molecular flexibility index (Phi) is 4.53. The van der Waals surface area contributed by atoms with Crippen LogP contribution in [0.2, 0.25) is 0 Å². The van der Waals surface area contributed by atoms with Crippen molar-refractivity contribution in [3.05, 3.63) is 35.6 Å². The maximum atomic E-state index is 12.0. The van der Waals surface area contributed by atoms with Crippen LogP contribution in [-0.4, -0.2) is 32.9 Å². The molecule has 1 aromatic rings. The standard InChI is InChI=1S/C17H18O5S/c1-5-6-11-21-15-14(17(2,3)22-16(15)18)12-7-9-13(10-8-12)23(4,19)20/h7-10H,11H2,1-4H3. The first-order valence-corrected chi connectivity index (χ1v) is 8.87. The minimum Gasteiger partial charge on any atom is -0.473 e. The topological polar surface area (TPSA) is 69.7 Å². The molecule has 6 heteroatoms. The fraction of sp³-hybridized carbons (Fsp3) is 0.353. The number of benzene rings is 1. The molecular weight excluding hydrogens is 316 g/mol. The number of hydrogen-bond acceptors (Lipinski definition) is 5. The van der Waals surface area contributed by atoms with Gasteiger partial charge in [0.2, 0.25) is 5.76 Å². The van der Waals surface area contributed by atoms with Crippen molar-refractivity contribution in [1.29, 1.82) is 0 Å². The van der Waals surface area contributed by atoms with E-state index >= 15 is 0 Å². The molecule has 5 nitrogen and oxygen atoms in total. The van der Waals surface area contributed by atoms with E-state index < -0.39 is 21.4 Å². The van der Waals surface area contributed by atoms with Crippen LogP contribution in [0.5, 0.6) is 0 Å². The normalized spacial score (nSPS) is 16.6. The molecule has 1 heterocycles. The molecule has 1 aliphatic heterocycles. The first-order valence-electron chi connectivity index (χ1n) is 6.98. The van der Waals surface area contributed by atoms with Gasteiger partial charge in [0.05, 0.1) is 10.5 Å². The van der Waals surface area contributed by atoms with Crippen LogP contribution in [0, 0.1) is 11.8 Å². The molecule has 1 aliphatic rings. The van der Waals surface area contributed by atoms with Gasteiger partial charge in [0.1, 0.15) is 12.2 Å². The van der Waals surface area contributed by atoms with Crippen molar-refractivity contribution < 1.29 is 22.7 Å². The van der Waals surface area contributed by atoms with Gasteiger partial charge in [-0.3, -0.25) is 0 Å². The van der Waals surface area contributed by atoms with Gasteiger partial charge in [0.25, 0.3) is 0 Å². The molecule has 0 amide bonds. The van der Waals surface area contributed by atoms with E-state index in [9.17, 15) is 13.2 Å². The van der Waals surface area contributed by atoms with Crippen LogP contribution >= 0.6 is 0 Å². The molecule has 0 saturated heterocycles. The smallest absolute Gasteiger partial charge is 0.374 e. The molecule has 1 aromatic carbocycles. The molecular formula is C17H18O5S. The lowest BCUT2D eigenvalue weighted by atomic mass is 9.92. The van der Waals surface area contributed by atoms with Crippen molar-refractivity contribution >= 4 is 21.4 Å². The van der Waals surface area contributed by atoms with E-state index in [0.29, 0.717) is 11.1 Å². The Labute approximate surface area is 136 Å². The highest BCUT2D eigenvalue weighted by molar-refractivity contribution is 7.90. The van der Waals surface area contributed by atoms with Crippen molar-refractivity contribution in [1.82, 2.24) is 0 Å². The molecule has 0 unspecified atom stereocenters. The lowest BCUT2D eigenvalue weighted by molar-refractivity contribution is -0.146. The molecule has 0 bridgehead atoms. The van der Waals surface area contributed by atoms with Crippen LogP contribution in [0.25, 0.3) is 5.57 Å². The van der Waals surface area contributed by atoms with Gasteiger partial charge < -0.3 is 9.47 Å². The second kappa shape index (κ2) is 6.09. The summed E-state index contributed by atoms with van der Waals surface area (Å²) in [6, 6.07) is 6.29. The molecule has 0 aromatic heterocycles. The minimum atomic E-state index is -3.28. The summed E-state index contributed by atoms with van der Waals surface area (Å²) in [6.07, 6.45) is 1.14. The summed E-state index contributed by atoms with van der Waals surface area (Å²) in [4.78, 5) is 12.3. The van der Waals surface area contributed by atoms with Gasteiger partial charge in [-0.25, -0.2) is 13.2 Å². The van der Waals surface area contributed by atoms with Gasteiger partial charge in [-0.2, -0.15) is 0 Å². The molecule has 0 radical (unpaired) electrons. The van der Waals surface area contributed by atoms with Gasteiger partial charge in [-0.1, -0.05) is 18.1 Å². The fourth-order valence-electron chi connectivity index (χ4n) is 2.36. The molecule has 0 aliphatic carbocycles. The summed E-state index contributed by atoms with van der Waals surface area (Å²) < 4.78 is 33.9. The number of ether oxygens (including phenoxy) is 2. The van der Waals surface area contributed by atoms with E-state index in [-0.39, 0.29) is 17.3 Å². The monoisotopic (exact) mass is 334 g/mol. The molecule has 0 atom stereocenters. The predicted molar refractivity (Wildman–Crippen MR) is 86.0 cm³/mol. The Morgan fingerprint density at radius 1 is 1.22 bits per heavy atom. The second-order valence-corrected chi connectivity index (χ2v) is 7.63. The largest absolute Gasteiger partial charge is 0.473 e. The molecule has 0 fully saturated rings. The van der Waals surface area contributed by atoms with Crippen molar-refractivity contribution in [3.8, 4) is 11.8 Å². The van der Waals surface area contributed by atoms with E-state index in [0.717, 1.165) is 6.26 Å². The minimum absolute atomic E-state index is 0.0853. The van der Waals surface area contributed by atoms with E-state index in [2.05, 4.69) is 11.8 Å². The highest BCUT2D eigenvalue weighted by Crippen LogP contribution is 2.40. The summed E-state index contributed by atoms with van der Waals surface area (Å²) in [7, 11) is -3.28. The summed E-state index contributed by atoms with van der Waals surface area (Å²) in [5.41, 5.74) is 0.395. The Morgan fingerprint density at radius 3 is 2.35 bits per heavy atom. The van der Waals surface area contributed by atoms with Gasteiger partial charge in [-0.05, 0) is 38.5 Å². The highest BCUT2D eigenvalue weighted by atomic mass is 32.2. The van der Waals surface area contributed by atoms with E-state index in [1.54, 1.807) is 32.9 Å². The zero-order valence-electron chi connectivity index (χ0n) is 13.5. The van der Waals surface area contributed by atoms with Crippen LogP contribution in [-0.2, 0) is 24.1 Å². The Morgan fingerprint density at radius 2 is 1.83 bits per heavy atom. The number of carbonyl (C=O) groups is 1. The van der Waals surface area contributed by atoms with Crippen LogP contribution in [0.15, 0.2) is 34.9 Å². The lowest BCUT2D eigenvalue weighted by Gasteiger charge is -2.21. The number of sulfone groups is 1. The maximum absolute atomic E-state index is 12.0. The zero-order chi connectivity index (χ0) is 17.3. The van der Waals surface area contributed by atoms with E-state index in [1.807, 2.05) is 0 Å². The zero-order valence-corrected chi connectivity index (χ0v) is 14.3. The summed E-state index contributed by atoms with van der Waals surface area (Å²) in [5, 5.41) is 0. The fourth-order valence-corrected chi connectivity index (χ4v) is 2.99. The average Bonchev–Trinajstić information content (AvgIpc) is 2.67. The second-order valence-electron chi connectivity index (χ2n) is 5.62. The van der Waals surface area contributed by atoms with Crippen LogP contribution in [0.1, 0.15) is 26.3 Å². The van der Waals surface area contributed by atoms with Gasteiger partial charge in [0.15, 0.2) is 9.84 Å². The lowest BCUT2D eigenvalue weighted by Crippen LogP contribution is -2.22. The number of hydrogen-bond donors (Lipinski definition) is 0. The number of carbonyl (C=O) groups excluding carboxylic acids is 1. The Bertz CT molecular complexity index is 818. The van der Waals surface area contributed by atoms with E-state index in [1.165, 1.54) is 12.1 Å². The summed E-state index contributed by atoms with van der Waals surface area (Å²) in [6.45, 7) is 5.28. The maximum Gasteiger partial charge on any atom is 0.374 e. The quantitative estimate of drug-likeness (QED) is 0.623. The third-order valence-electron chi connectivity index (χ3n) is 3.40. The Hall–Kier alpha value is -2.26. The first kappa shape index (κ1) is 17.1. The van der Waals surface area contributed by atoms with Crippen molar-refractivity contribution in [3.63, 3.8) is 0 Å². The molecule has 0 saturated carbocycles. The molecule has 2 rings (SSSR count). The SMILES string of the molecule is CC#CCOC1=C(c2ccc(S(C)(=O)=O)cc2)C(C)(C)OC1=O. The van der Waals surface area contributed by atoms with Crippen molar-refractivity contribution in [2.75, 3.05) is 12.9 Å². The third kappa shape index (κ3) is 3.57. The third-order valence-corrected chi connectivity index (χ3v) is 4.53. The highest BCUT2D eigenvalue weighted by Gasteiger charge is 2.42. The Balaban J connectivity index is 2.49. The molecule has 23 heavy (non-hydrogen) atoms. The summed E-state index contributed by atoms with van der Waals surface area (Å²) >= 11 is 0. The molecule has 122 valence electrons. The molecule has 0 N–H and O–H groups in total. The van der Waals surface area contributed by atoms with E-state index in [4.69, 9.17) is 9.47 Å². The van der Waals surface area contributed by atoms with Gasteiger partial charge in [0, 0.05) is 6.26 Å². The average molecular weight is 334 g/mol. The molecule has 0 spiro atoms. The van der Waals surface area contributed by atoms with Crippen molar-refractivity contribution in [2.45, 2.75) is 31.3 Å². The number of cyclic esters (lactones) is 1.